The van der Waals surface area contributed by atoms with Crippen molar-refractivity contribution in [3.8, 4) is 0 Å². The quantitative estimate of drug-likeness (QED) is 0.397. The number of carbonyl (C=O) groups excluding carboxylic acids is 4. The zero-order valence-corrected chi connectivity index (χ0v) is 13.5. The lowest BCUT2D eigenvalue weighted by atomic mass is 10.1. The Morgan fingerprint density at radius 3 is 2.04 bits per heavy atom. The fraction of sp³-hybridized carbons (Fsp3) is 0.714. The van der Waals surface area contributed by atoms with E-state index in [1.165, 1.54) is 14.2 Å². The van der Waals surface area contributed by atoms with Crippen LogP contribution in [0.1, 0.15) is 32.1 Å². The van der Waals surface area contributed by atoms with E-state index in [0.29, 0.717) is 0 Å². The van der Waals surface area contributed by atoms with Gasteiger partial charge in [0.15, 0.2) is 6.10 Å². The number of amides is 1. The number of aliphatic hydroxyl groups excluding tert-OH is 1. The molecule has 9 heteroatoms. The molecule has 0 heterocycles. The van der Waals surface area contributed by atoms with Crippen LogP contribution in [-0.2, 0) is 33.4 Å². The highest BCUT2D eigenvalue weighted by molar-refractivity contribution is 5.86. The summed E-state index contributed by atoms with van der Waals surface area (Å²) >= 11 is 0. The lowest BCUT2D eigenvalue weighted by Gasteiger charge is -2.17. The van der Waals surface area contributed by atoms with Crippen LogP contribution in [0.5, 0.6) is 0 Å². The van der Waals surface area contributed by atoms with E-state index in [0.717, 1.165) is 7.11 Å². The van der Waals surface area contributed by atoms with Crippen LogP contribution < -0.4 is 5.32 Å². The fourth-order valence-electron chi connectivity index (χ4n) is 1.74. The van der Waals surface area contributed by atoms with Crippen molar-refractivity contribution in [1.82, 2.24) is 5.32 Å². The standard InChI is InChI=1S/C14H23NO8/c1-21-12(18)8-7-11(17)15-9(13(19)22-2)5-4-6-10(16)14(20)23-3/h9-10,16H,4-8H2,1-3H3,(H,15,17)/t9-,10+/m0/s1. The van der Waals surface area contributed by atoms with Gasteiger partial charge in [-0.1, -0.05) is 0 Å². The molecule has 1 amide bonds. The Labute approximate surface area is 134 Å². The van der Waals surface area contributed by atoms with E-state index in [-0.39, 0.29) is 32.1 Å². The van der Waals surface area contributed by atoms with Crippen LogP contribution >= 0.6 is 0 Å². The molecule has 0 fully saturated rings. The first kappa shape index (κ1) is 20.8. The maximum absolute atomic E-state index is 11.7. The van der Waals surface area contributed by atoms with Gasteiger partial charge in [-0.05, 0) is 19.3 Å². The third-order valence-electron chi connectivity index (χ3n) is 3.05. The number of nitrogens with one attached hydrogen (secondary N) is 1. The van der Waals surface area contributed by atoms with Gasteiger partial charge in [-0.3, -0.25) is 9.59 Å². The Kier molecular flexibility index (Phi) is 10.3. The number of methoxy groups -OCH3 is 3. The van der Waals surface area contributed by atoms with Crippen LogP contribution in [-0.4, -0.2) is 62.4 Å². The van der Waals surface area contributed by atoms with Crippen LogP contribution in [0.4, 0.5) is 0 Å². The Balaban J connectivity index is 4.37. The molecule has 9 nitrogen and oxygen atoms in total. The Morgan fingerprint density at radius 2 is 1.52 bits per heavy atom. The zero-order valence-electron chi connectivity index (χ0n) is 13.5. The molecule has 0 radical (unpaired) electrons. The van der Waals surface area contributed by atoms with E-state index in [2.05, 4.69) is 19.5 Å². The average Bonchev–Trinajstić information content (AvgIpc) is 2.56. The third kappa shape index (κ3) is 8.77. The van der Waals surface area contributed by atoms with E-state index in [1.807, 2.05) is 0 Å². The molecule has 0 aliphatic rings. The van der Waals surface area contributed by atoms with Crippen molar-refractivity contribution in [2.75, 3.05) is 21.3 Å². The third-order valence-corrected chi connectivity index (χ3v) is 3.05. The second-order valence-corrected chi connectivity index (χ2v) is 4.69. The second kappa shape index (κ2) is 11.4. The van der Waals surface area contributed by atoms with Gasteiger partial charge >= 0.3 is 17.9 Å². The van der Waals surface area contributed by atoms with Gasteiger partial charge in [0.2, 0.25) is 5.91 Å². The van der Waals surface area contributed by atoms with Gasteiger partial charge in [-0.15, -0.1) is 0 Å². The van der Waals surface area contributed by atoms with Crippen LogP contribution in [0, 0.1) is 0 Å². The van der Waals surface area contributed by atoms with E-state index in [9.17, 15) is 24.3 Å². The molecular formula is C14H23NO8. The van der Waals surface area contributed by atoms with Crippen molar-refractivity contribution in [2.45, 2.75) is 44.2 Å². The molecule has 0 aromatic carbocycles. The van der Waals surface area contributed by atoms with Crippen LogP contribution in [0.25, 0.3) is 0 Å². The first-order valence-corrected chi connectivity index (χ1v) is 7.05. The van der Waals surface area contributed by atoms with Crippen molar-refractivity contribution in [3.05, 3.63) is 0 Å². The number of rotatable bonds is 10. The molecular weight excluding hydrogens is 310 g/mol. The molecule has 0 aromatic heterocycles. The topological polar surface area (TPSA) is 128 Å². The van der Waals surface area contributed by atoms with E-state index >= 15 is 0 Å². The predicted octanol–water partition coefficient (Wildman–Crippen LogP) is -0.698. The number of hydrogen-bond donors (Lipinski definition) is 2. The molecule has 0 spiro atoms. The van der Waals surface area contributed by atoms with Crippen molar-refractivity contribution < 1.29 is 38.5 Å². The Hall–Kier alpha value is -2.16. The summed E-state index contributed by atoms with van der Waals surface area (Å²) < 4.78 is 13.4. The number of carbonyl (C=O) groups is 4. The van der Waals surface area contributed by atoms with Crippen molar-refractivity contribution in [3.63, 3.8) is 0 Å². The summed E-state index contributed by atoms with van der Waals surface area (Å²) in [5, 5.41) is 11.9. The highest BCUT2D eigenvalue weighted by Crippen LogP contribution is 2.07. The Bertz CT molecular complexity index is 423. The van der Waals surface area contributed by atoms with Gasteiger partial charge in [0.1, 0.15) is 6.04 Å². The summed E-state index contributed by atoms with van der Waals surface area (Å²) in [6, 6.07) is -0.921. The molecule has 2 N–H and O–H groups in total. The predicted molar refractivity (Wildman–Crippen MR) is 77.1 cm³/mol. The summed E-state index contributed by atoms with van der Waals surface area (Å²) in [6.07, 6.45) is -0.966. The summed E-state index contributed by atoms with van der Waals surface area (Å²) in [5.74, 6) is -2.44. The highest BCUT2D eigenvalue weighted by atomic mass is 16.5. The summed E-state index contributed by atoms with van der Waals surface area (Å²) in [6.45, 7) is 0. The van der Waals surface area contributed by atoms with Gasteiger partial charge < -0.3 is 24.6 Å². The lowest BCUT2D eigenvalue weighted by Crippen LogP contribution is -2.41. The van der Waals surface area contributed by atoms with Gasteiger partial charge in [0, 0.05) is 6.42 Å². The van der Waals surface area contributed by atoms with E-state index < -0.39 is 36.0 Å². The largest absolute Gasteiger partial charge is 0.469 e. The van der Waals surface area contributed by atoms with Crippen LogP contribution in [0.2, 0.25) is 0 Å². The SMILES string of the molecule is COC(=O)CCC(=O)N[C@@H](CCC[C@@H](O)C(=O)OC)C(=O)OC. The second-order valence-electron chi connectivity index (χ2n) is 4.69. The first-order chi connectivity index (χ1) is 10.8. The van der Waals surface area contributed by atoms with Gasteiger partial charge in [0.05, 0.1) is 27.8 Å². The molecule has 0 aromatic rings. The number of esters is 3. The van der Waals surface area contributed by atoms with E-state index in [4.69, 9.17) is 0 Å². The molecule has 0 aliphatic carbocycles. The smallest absolute Gasteiger partial charge is 0.334 e. The van der Waals surface area contributed by atoms with Crippen LogP contribution in [0.3, 0.4) is 0 Å². The minimum absolute atomic E-state index is 0.0815. The molecule has 0 rings (SSSR count). The average molecular weight is 333 g/mol. The molecule has 0 saturated carbocycles. The monoisotopic (exact) mass is 333 g/mol. The van der Waals surface area contributed by atoms with Gasteiger partial charge in [-0.2, -0.15) is 0 Å². The molecule has 23 heavy (non-hydrogen) atoms. The molecule has 0 bridgehead atoms. The maximum Gasteiger partial charge on any atom is 0.334 e. The number of ether oxygens (including phenoxy) is 3. The van der Waals surface area contributed by atoms with Crippen LogP contribution in [0.15, 0.2) is 0 Å². The van der Waals surface area contributed by atoms with Gasteiger partial charge in [0.25, 0.3) is 0 Å². The summed E-state index contributed by atoms with van der Waals surface area (Å²) in [7, 11) is 3.55. The molecule has 2 atom stereocenters. The van der Waals surface area contributed by atoms with Crippen molar-refractivity contribution >= 4 is 23.8 Å². The van der Waals surface area contributed by atoms with E-state index in [1.54, 1.807) is 0 Å². The normalized spacial score (nSPS) is 12.7. The molecule has 0 saturated heterocycles. The van der Waals surface area contributed by atoms with Crippen molar-refractivity contribution in [1.29, 1.82) is 0 Å². The minimum atomic E-state index is -1.28. The highest BCUT2D eigenvalue weighted by Gasteiger charge is 2.23. The maximum atomic E-state index is 11.7. The zero-order chi connectivity index (χ0) is 17.8. The molecule has 0 unspecified atom stereocenters. The number of aliphatic hydroxyl groups is 1. The summed E-state index contributed by atoms with van der Waals surface area (Å²) in [5.41, 5.74) is 0. The molecule has 0 aliphatic heterocycles. The molecule has 132 valence electrons. The fourth-order valence-corrected chi connectivity index (χ4v) is 1.74. The minimum Gasteiger partial charge on any atom is -0.469 e. The lowest BCUT2D eigenvalue weighted by molar-refractivity contribution is -0.150. The number of hydrogen-bond acceptors (Lipinski definition) is 8. The first-order valence-electron chi connectivity index (χ1n) is 7.05. The Morgan fingerprint density at radius 1 is 0.913 bits per heavy atom. The van der Waals surface area contributed by atoms with Crippen molar-refractivity contribution in [2.24, 2.45) is 0 Å². The summed E-state index contributed by atoms with van der Waals surface area (Å²) in [4.78, 5) is 45.3. The van der Waals surface area contributed by atoms with Gasteiger partial charge in [-0.25, -0.2) is 9.59 Å².